The van der Waals surface area contributed by atoms with Crippen LogP contribution in [0.15, 0.2) is 30.3 Å². The topological polar surface area (TPSA) is 29.9 Å². The van der Waals surface area contributed by atoms with Crippen molar-refractivity contribution in [2.45, 2.75) is 46.3 Å². The fourth-order valence-electron chi connectivity index (χ4n) is 2.26. The van der Waals surface area contributed by atoms with Crippen LogP contribution in [0.5, 0.6) is 0 Å². The quantitative estimate of drug-likeness (QED) is 0.875. The number of halogens is 1. The average molecular weight is 275 g/mol. The van der Waals surface area contributed by atoms with Crippen molar-refractivity contribution in [2.24, 2.45) is 0 Å². The van der Waals surface area contributed by atoms with Crippen LogP contribution in [-0.2, 0) is 19.5 Å². The minimum Gasteiger partial charge on any atom is -0.305 e. The highest BCUT2D eigenvalue weighted by atomic mass is 19.1. The van der Waals surface area contributed by atoms with Crippen LogP contribution in [0.1, 0.15) is 43.8 Å². The van der Waals surface area contributed by atoms with Crippen LogP contribution in [-0.4, -0.2) is 9.78 Å². The minimum atomic E-state index is -0.192. The Bertz CT molecular complexity index is 563. The number of nitrogens with one attached hydrogen (secondary N) is 1. The van der Waals surface area contributed by atoms with Crippen LogP contribution in [0.25, 0.3) is 0 Å². The van der Waals surface area contributed by atoms with Crippen LogP contribution >= 0.6 is 0 Å². The molecular weight excluding hydrogens is 253 g/mol. The summed E-state index contributed by atoms with van der Waals surface area (Å²) in [6.07, 6.45) is 0.944. The number of nitrogens with zero attached hydrogens (tertiary/aromatic N) is 2. The van der Waals surface area contributed by atoms with Crippen molar-refractivity contribution in [1.29, 1.82) is 0 Å². The Labute approximate surface area is 119 Å². The van der Waals surface area contributed by atoms with Gasteiger partial charge < -0.3 is 5.32 Å². The first-order chi connectivity index (χ1) is 9.63. The van der Waals surface area contributed by atoms with Crippen LogP contribution < -0.4 is 5.32 Å². The third kappa shape index (κ3) is 3.45. The van der Waals surface area contributed by atoms with E-state index in [2.05, 4.69) is 30.3 Å². The van der Waals surface area contributed by atoms with Gasteiger partial charge in [0.25, 0.3) is 0 Å². The van der Waals surface area contributed by atoms with E-state index in [0.29, 0.717) is 0 Å². The van der Waals surface area contributed by atoms with Crippen LogP contribution in [0, 0.1) is 5.82 Å². The van der Waals surface area contributed by atoms with Gasteiger partial charge in [-0.3, -0.25) is 4.68 Å². The zero-order valence-corrected chi connectivity index (χ0v) is 12.4. The van der Waals surface area contributed by atoms with E-state index in [1.165, 1.54) is 11.8 Å². The van der Waals surface area contributed by atoms with Gasteiger partial charge in [-0.05, 0) is 44.0 Å². The molecular formula is C16H22FN3. The molecule has 4 heteroatoms. The zero-order chi connectivity index (χ0) is 14.5. The van der Waals surface area contributed by atoms with Gasteiger partial charge in [-0.1, -0.05) is 19.1 Å². The Kier molecular flexibility index (Phi) is 4.90. The van der Waals surface area contributed by atoms with E-state index in [9.17, 15) is 4.39 Å². The second kappa shape index (κ2) is 6.66. The van der Waals surface area contributed by atoms with Gasteiger partial charge in [-0.25, -0.2) is 4.39 Å². The maximum atomic E-state index is 13.2. The van der Waals surface area contributed by atoms with Crippen molar-refractivity contribution in [2.75, 3.05) is 0 Å². The molecule has 1 N–H and O–H groups in total. The summed E-state index contributed by atoms with van der Waals surface area (Å²) in [5.74, 6) is -0.192. The summed E-state index contributed by atoms with van der Waals surface area (Å²) in [6.45, 7) is 7.84. The molecule has 0 bridgehead atoms. The minimum absolute atomic E-state index is 0.107. The molecule has 0 spiro atoms. The van der Waals surface area contributed by atoms with E-state index >= 15 is 0 Å². The highest BCUT2D eigenvalue weighted by Crippen LogP contribution is 2.14. The highest BCUT2D eigenvalue weighted by Gasteiger charge is 2.09. The Morgan fingerprint density at radius 1 is 1.30 bits per heavy atom. The van der Waals surface area contributed by atoms with Crippen molar-refractivity contribution >= 4 is 0 Å². The predicted molar refractivity (Wildman–Crippen MR) is 78.9 cm³/mol. The molecule has 0 aliphatic heterocycles. The maximum absolute atomic E-state index is 13.2. The van der Waals surface area contributed by atoms with Crippen LogP contribution in [0.2, 0.25) is 0 Å². The van der Waals surface area contributed by atoms with Gasteiger partial charge in [0.15, 0.2) is 0 Å². The fourth-order valence-corrected chi connectivity index (χ4v) is 2.26. The summed E-state index contributed by atoms with van der Waals surface area (Å²) in [7, 11) is 0. The van der Waals surface area contributed by atoms with Gasteiger partial charge >= 0.3 is 0 Å². The number of aromatic nitrogens is 2. The van der Waals surface area contributed by atoms with E-state index in [0.717, 1.165) is 30.8 Å². The lowest BCUT2D eigenvalue weighted by Gasteiger charge is -2.14. The van der Waals surface area contributed by atoms with Crippen LogP contribution in [0.3, 0.4) is 0 Å². The summed E-state index contributed by atoms with van der Waals surface area (Å²) in [5.41, 5.74) is 3.25. The van der Waals surface area contributed by atoms with Crippen molar-refractivity contribution in [3.63, 3.8) is 0 Å². The van der Waals surface area contributed by atoms with E-state index < -0.39 is 0 Å². The summed E-state index contributed by atoms with van der Waals surface area (Å²) in [4.78, 5) is 0. The molecule has 3 nitrogen and oxygen atoms in total. The van der Waals surface area contributed by atoms with Gasteiger partial charge in [0.2, 0.25) is 0 Å². The average Bonchev–Trinajstić information content (AvgIpc) is 2.87. The largest absolute Gasteiger partial charge is 0.305 e. The molecule has 1 heterocycles. The van der Waals surface area contributed by atoms with E-state index in [-0.39, 0.29) is 11.9 Å². The molecule has 2 rings (SSSR count). The molecule has 0 aliphatic rings. The Balaban J connectivity index is 2.03. The molecule has 0 aliphatic carbocycles. The van der Waals surface area contributed by atoms with Crippen molar-refractivity contribution < 1.29 is 4.39 Å². The van der Waals surface area contributed by atoms with E-state index in [1.54, 1.807) is 12.1 Å². The smallest absolute Gasteiger partial charge is 0.123 e. The van der Waals surface area contributed by atoms with Gasteiger partial charge in [0.1, 0.15) is 5.82 Å². The van der Waals surface area contributed by atoms with E-state index in [1.807, 2.05) is 17.7 Å². The zero-order valence-electron chi connectivity index (χ0n) is 12.4. The third-order valence-electron chi connectivity index (χ3n) is 3.51. The monoisotopic (exact) mass is 275 g/mol. The maximum Gasteiger partial charge on any atom is 0.123 e. The van der Waals surface area contributed by atoms with Gasteiger partial charge in [0, 0.05) is 19.1 Å². The SMILES string of the molecule is CCc1cc(CN[C@H](C)c2cccc(F)c2)n(CC)n1. The van der Waals surface area contributed by atoms with Crippen LogP contribution in [0.4, 0.5) is 4.39 Å². The molecule has 0 saturated carbocycles. The lowest BCUT2D eigenvalue weighted by Crippen LogP contribution is -2.20. The van der Waals surface area contributed by atoms with Crippen molar-refractivity contribution in [3.05, 3.63) is 53.1 Å². The lowest BCUT2D eigenvalue weighted by molar-refractivity contribution is 0.527. The molecule has 0 saturated heterocycles. The highest BCUT2D eigenvalue weighted by molar-refractivity contribution is 5.20. The number of benzene rings is 1. The molecule has 1 aromatic heterocycles. The normalized spacial score (nSPS) is 12.6. The third-order valence-corrected chi connectivity index (χ3v) is 3.51. The molecule has 1 atom stereocenters. The van der Waals surface area contributed by atoms with Gasteiger partial charge in [-0.2, -0.15) is 5.10 Å². The summed E-state index contributed by atoms with van der Waals surface area (Å²) >= 11 is 0. The van der Waals surface area contributed by atoms with Gasteiger partial charge in [-0.15, -0.1) is 0 Å². The lowest BCUT2D eigenvalue weighted by atomic mass is 10.1. The second-order valence-electron chi connectivity index (χ2n) is 4.95. The Hall–Kier alpha value is -1.68. The Morgan fingerprint density at radius 2 is 2.10 bits per heavy atom. The number of hydrogen-bond acceptors (Lipinski definition) is 2. The summed E-state index contributed by atoms with van der Waals surface area (Å²) < 4.78 is 15.2. The predicted octanol–water partition coefficient (Wildman–Crippen LogP) is 3.46. The molecule has 0 radical (unpaired) electrons. The van der Waals surface area contributed by atoms with Gasteiger partial charge in [0.05, 0.1) is 11.4 Å². The Morgan fingerprint density at radius 3 is 2.75 bits per heavy atom. The number of aryl methyl sites for hydroxylation is 2. The molecule has 0 fully saturated rings. The molecule has 0 unspecified atom stereocenters. The summed E-state index contributed by atoms with van der Waals surface area (Å²) in [6, 6.07) is 8.97. The second-order valence-corrected chi connectivity index (χ2v) is 4.95. The van der Waals surface area contributed by atoms with E-state index in [4.69, 9.17) is 0 Å². The van der Waals surface area contributed by atoms with Crippen molar-refractivity contribution in [3.8, 4) is 0 Å². The molecule has 20 heavy (non-hydrogen) atoms. The standard InChI is InChI=1S/C16H22FN3/c1-4-15-10-16(20(5-2)19-15)11-18-12(3)13-7-6-8-14(17)9-13/h6-10,12,18H,4-5,11H2,1-3H3/t12-/m1/s1. The first-order valence-electron chi connectivity index (χ1n) is 7.18. The molecule has 1 aromatic carbocycles. The molecule has 2 aromatic rings. The number of hydrogen-bond donors (Lipinski definition) is 1. The summed E-state index contributed by atoms with van der Waals surface area (Å²) in [5, 5.41) is 7.96. The first-order valence-corrected chi connectivity index (χ1v) is 7.18. The fraction of sp³-hybridized carbons (Fsp3) is 0.438. The molecule has 0 amide bonds. The number of rotatable bonds is 6. The first kappa shape index (κ1) is 14.7. The van der Waals surface area contributed by atoms with Crippen molar-refractivity contribution in [1.82, 2.24) is 15.1 Å². The molecule has 108 valence electrons.